The number of amides is 3. The second-order valence-corrected chi connectivity index (χ2v) is 5.40. The molecule has 0 aliphatic heterocycles. The van der Waals surface area contributed by atoms with E-state index in [1.165, 1.54) is 12.3 Å². The van der Waals surface area contributed by atoms with E-state index in [0.29, 0.717) is 5.76 Å². The van der Waals surface area contributed by atoms with Crippen LogP contribution >= 0.6 is 0 Å². The average Bonchev–Trinajstić information content (AvgIpc) is 3.10. The summed E-state index contributed by atoms with van der Waals surface area (Å²) in [5, 5.41) is 2.37. The Morgan fingerprint density at radius 3 is 2.56 bits per heavy atom. The quantitative estimate of drug-likeness (QED) is 0.444. The van der Waals surface area contributed by atoms with E-state index in [0.717, 1.165) is 16.7 Å². The minimum absolute atomic E-state index is 0.0831. The van der Waals surface area contributed by atoms with Crippen LogP contribution in [0.5, 0.6) is 0 Å². The molecule has 1 heterocycles. The smallest absolute Gasteiger partial charge is 0.327 e. The van der Waals surface area contributed by atoms with Crippen molar-refractivity contribution < 1.29 is 18.8 Å². The molecule has 7 nitrogen and oxygen atoms in total. The van der Waals surface area contributed by atoms with Crippen LogP contribution < -0.4 is 16.2 Å². The molecule has 0 unspecified atom stereocenters. The first-order valence-corrected chi connectivity index (χ1v) is 7.61. The molecular weight excluding hydrogens is 322 g/mol. The molecule has 7 heteroatoms. The number of carbonyl (C=O) groups is 3. The Labute approximate surface area is 145 Å². The van der Waals surface area contributed by atoms with Gasteiger partial charge < -0.3 is 9.73 Å². The number of hydrogen-bond acceptors (Lipinski definition) is 4. The van der Waals surface area contributed by atoms with Gasteiger partial charge in [0.1, 0.15) is 5.76 Å². The number of nitrogens with one attached hydrogen (secondary N) is 3. The number of rotatable bonds is 4. The average molecular weight is 341 g/mol. The first-order chi connectivity index (χ1) is 12.0. The molecule has 0 radical (unpaired) electrons. The standard InChI is InChI=1S/C18H19N3O4/c1-12-5-6-14(13(2)10-12)7-8-16(22)20-21-18(24)17(23)19-11-15-4-3-9-25-15/h3-10H,11H2,1-2H3,(H,19,23)(H,20,22)(H,21,24)/b8-7+. The molecule has 2 aromatic rings. The Hall–Kier alpha value is -3.35. The normalized spacial score (nSPS) is 10.5. The molecule has 0 saturated carbocycles. The van der Waals surface area contributed by atoms with Gasteiger partial charge in [0.2, 0.25) is 0 Å². The van der Waals surface area contributed by atoms with Crippen molar-refractivity contribution in [2.75, 3.05) is 0 Å². The largest absolute Gasteiger partial charge is 0.467 e. The van der Waals surface area contributed by atoms with E-state index >= 15 is 0 Å². The van der Waals surface area contributed by atoms with Crippen LogP contribution in [0.15, 0.2) is 47.1 Å². The van der Waals surface area contributed by atoms with Crippen molar-refractivity contribution >= 4 is 23.8 Å². The van der Waals surface area contributed by atoms with Crippen LogP contribution in [0.4, 0.5) is 0 Å². The van der Waals surface area contributed by atoms with E-state index < -0.39 is 17.7 Å². The van der Waals surface area contributed by atoms with Crippen LogP contribution in [0, 0.1) is 13.8 Å². The van der Waals surface area contributed by atoms with Gasteiger partial charge in [0.25, 0.3) is 5.91 Å². The van der Waals surface area contributed by atoms with Gasteiger partial charge in [-0.2, -0.15) is 0 Å². The van der Waals surface area contributed by atoms with Crippen molar-refractivity contribution in [2.45, 2.75) is 20.4 Å². The molecule has 130 valence electrons. The van der Waals surface area contributed by atoms with Crippen LogP contribution in [0.1, 0.15) is 22.5 Å². The lowest BCUT2D eigenvalue weighted by atomic mass is 10.1. The molecule has 1 aromatic heterocycles. The Bertz CT molecular complexity index is 795. The van der Waals surface area contributed by atoms with Crippen molar-refractivity contribution in [1.29, 1.82) is 0 Å². The van der Waals surface area contributed by atoms with Gasteiger partial charge in [0, 0.05) is 6.08 Å². The van der Waals surface area contributed by atoms with Gasteiger partial charge >= 0.3 is 11.8 Å². The monoisotopic (exact) mass is 341 g/mol. The zero-order valence-corrected chi connectivity index (χ0v) is 14.0. The van der Waals surface area contributed by atoms with E-state index in [2.05, 4.69) is 10.7 Å². The molecule has 0 aliphatic rings. The highest BCUT2D eigenvalue weighted by Crippen LogP contribution is 2.11. The highest BCUT2D eigenvalue weighted by Gasteiger charge is 2.13. The second-order valence-electron chi connectivity index (χ2n) is 5.40. The van der Waals surface area contributed by atoms with E-state index in [9.17, 15) is 14.4 Å². The van der Waals surface area contributed by atoms with Crippen molar-refractivity contribution in [3.63, 3.8) is 0 Å². The molecule has 0 saturated heterocycles. The van der Waals surface area contributed by atoms with E-state index in [1.54, 1.807) is 18.2 Å². The topological polar surface area (TPSA) is 100 Å². The number of benzene rings is 1. The van der Waals surface area contributed by atoms with Crippen LogP contribution in [-0.2, 0) is 20.9 Å². The summed E-state index contributed by atoms with van der Waals surface area (Å²) in [4.78, 5) is 34.9. The van der Waals surface area contributed by atoms with Crippen molar-refractivity contribution in [3.8, 4) is 0 Å². The lowest BCUT2D eigenvalue weighted by Gasteiger charge is -2.06. The predicted octanol–water partition coefficient (Wildman–Crippen LogP) is 1.37. The Balaban J connectivity index is 1.77. The van der Waals surface area contributed by atoms with Crippen molar-refractivity contribution in [3.05, 3.63) is 65.1 Å². The second kappa shape index (κ2) is 8.49. The maximum Gasteiger partial charge on any atom is 0.327 e. The summed E-state index contributed by atoms with van der Waals surface area (Å²) in [6.45, 7) is 4.01. The summed E-state index contributed by atoms with van der Waals surface area (Å²) >= 11 is 0. The number of carbonyl (C=O) groups excluding carboxylic acids is 3. The molecule has 0 atom stereocenters. The fraction of sp³-hybridized carbons (Fsp3) is 0.167. The van der Waals surface area contributed by atoms with Gasteiger partial charge in [-0.3, -0.25) is 25.2 Å². The SMILES string of the molecule is Cc1ccc(/C=C/C(=O)NNC(=O)C(=O)NCc2ccco2)c(C)c1. The Morgan fingerprint density at radius 2 is 1.88 bits per heavy atom. The molecule has 3 amide bonds. The third kappa shape index (κ3) is 5.65. The van der Waals surface area contributed by atoms with Gasteiger partial charge in [-0.15, -0.1) is 0 Å². The lowest BCUT2D eigenvalue weighted by molar-refractivity contribution is -0.140. The van der Waals surface area contributed by atoms with Crippen LogP contribution in [0.25, 0.3) is 6.08 Å². The first-order valence-electron chi connectivity index (χ1n) is 7.61. The summed E-state index contributed by atoms with van der Waals surface area (Å²) < 4.78 is 5.03. The van der Waals surface area contributed by atoms with Gasteiger partial charge in [-0.05, 0) is 43.2 Å². The van der Waals surface area contributed by atoms with Crippen LogP contribution in [0.2, 0.25) is 0 Å². The first kappa shape index (κ1) is 18.0. The fourth-order valence-electron chi connectivity index (χ4n) is 2.06. The summed E-state index contributed by atoms with van der Waals surface area (Å²) in [7, 11) is 0. The number of hydrazine groups is 1. The van der Waals surface area contributed by atoms with Gasteiger partial charge in [0.05, 0.1) is 12.8 Å². The Kier molecular flexibility index (Phi) is 6.11. The van der Waals surface area contributed by atoms with Crippen molar-refractivity contribution in [1.82, 2.24) is 16.2 Å². The van der Waals surface area contributed by atoms with Crippen LogP contribution in [-0.4, -0.2) is 17.7 Å². The molecule has 0 bridgehead atoms. The number of furan rings is 1. The third-order valence-electron chi connectivity index (χ3n) is 3.35. The predicted molar refractivity (Wildman–Crippen MR) is 91.8 cm³/mol. The molecule has 0 spiro atoms. The fourth-order valence-corrected chi connectivity index (χ4v) is 2.06. The van der Waals surface area contributed by atoms with Gasteiger partial charge in [-0.1, -0.05) is 23.8 Å². The highest BCUT2D eigenvalue weighted by molar-refractivity contribution is 6.35. The number of hydrogen-bond donors (Lipinski definition) is 3. The molecule has 1 aromatic carbocycles. The summed E-state index contributed by atoms with van der Waals surface area (Å²) in [5.41, 5.74) is 7.24. The summed E-state index contributed by atoms with van der Waals surface area (Å²) in [6, 6.07) is 9.18. The molecule has 0 aliphatic carbocycles. The molecule has 2 rings (SSSR count). The minimum Gasteiger partial charge on any atom is -0.467 e. The third-order valence-corrected chi connectivity index (χ3v) is 3.35. The number of aryl methyl sites for hydroxylation is 2. The van der Waals surface area contributed by atoms with E-state index in [4.69, 9.17) is 4.42 Å². The van der Waals surface area contributed by atoms with E-state index in [1.807, 2.05) is 37.5 Å². The Morgan fingerprint density at radius 1 is 1.08 bits per heavy atom. The van der Waals surface area contributed by atoms with Crippen molar-refractivity contribution in [2.24, 2.45) is 0 Å². The molecule has 25 heavy (non-hydrogen) atoms. The van der Waals surface area contributed by atoms with Gasteiger partial charge in [0.15, 0.2) is 0 Å². The zero-order chi connectivity index (χ0) is 18.2. The molecule has 3 N–H and O–H groups in total. The minimum atomic E-state index is -0.972. The maximum absolute atomic E-state index is 11.7. The zero-order valence-electron chi connectivity index (χ0n) is 14.0. The molecular formula is C18H19N3O4. The summed E-state index contributed by atoms with van der Waals surface area (Å²) in [5.74, 6) is -1.89. The lowest BCUT2D eigenvalue weighted by Crippen LogP contribution is -2.47. The van der Waals surface area contributed by atoms with Gasteiger partial charge in [-0.25, -0.2) is 0 Å². The van der Waals surface area contributed by atoms with E-state index in [-0.39, 0.29) is 6.54 Å². The summed E-state index contributed by atoms with van der Waals surface area (Å²) in [6.07, 6.45) is 4.37. The van der Waals surface area contributed by atoms with Crippen LogP contribution in [0.3, 0.4) is 0 Å². The maximum atomic E-state index is 11.7. The molecule has 0 fully saturated rings. The highest BCUT2D eigenvalue weighted by atomic mass is 16.3.